The Kier molecular flexibility index (Phi) is 4.15. The van der Waals surface area contributed by atoms with E-state index < -0.39 is 9.84 Å². The number of carbonyl (C=O) groups is 1. The molecule has 1 unspecified atom stereocenters. The Morgan fingerprint density at radius 2 is 1.76 bits per heavy atom. The fourth-order valence-corrected chi connectivity index (χ4v) is 4.34. The van der Waals surface area contributed by atoms with Crippen LogP contribution in [-0.4, -0.2) is 43.8 Å². The van der Waals surface area contributed by atoms with E-state index in [0.717, 1.165) is 0 Å². The molecular weight excluding hydrogens is 286 g/mol. The third kappa shape index (κ3) is 3.64. The van der Waals surface area contributed by atoms with Crippen LogP contribution in [0.15, 0.2) is 24.3 Å². The highest BCUT2D eigenvalue weighted by molar-refractivity contribution is 7.91. The molecule has 1 aromatic carbocycles. The van der Waals surface area contributed by atoms with Crippen LogP contribution >= 0.6 is 0 Å². The smallest absolute Gasteiger partial charge is 0.253 e. The average molecular weight is 309 g/mol. The molecule has 5 heteroatoms. The van der Waals surface area contributed by atoms with Crippen LogP contribution in [0.1, 0.15) is 43.1 Å². The second-order valence-corrected chi connectivity index (χ2v) is 9.03. The van der Waals surface area contributed by atoms with Crippen LogP contribution in [0.3, 0.4) is 0 Å². The summed E-state index contributed by atoms with van der Waals surface area (Å²) in [6.07, 6.45) is 0.532. The lowest BCUT2D eigenvalue weighted by Crippen LogP contribution is -2.37. The van der Waals surface area contributed by atoms with Gasteiger partial charge in [0.2, 0.25) is 0 Å². The first-order valence-electron chi connectivity index (χ1n) is 7.18. The topological polar surface area (TPSA) is 54.5 Å². The van der Waals surface area contributed by atoms with Crippen LogP contribution in [0, 0.1) is 0 Å². The number of carbonyl (C=O) groups excluding carboxylic acids is 1. The summed E-state index contributed by atoms with van der Waals surface area (Å²) in [6.45, 7) is 6.37. The summed E-state index contributed by atoms with van der Waals surface area (Å²) in [5, 5.41) is 0. The lowest BCUT2D eigenvalue weighted by atomic mass is 9.86. The Morgan fingerprint density at radius 1 is 1.19 bits per heavy atom. The van der Waals surface area contributed by atoms with Gasteiger partial charge in [-0.05, 0) is 29.5 Å². The van der Waals surface area contributed by atoms with Gasteiger partial charge in [0.05, 0.1) is 11.5 Å². The summed E-state index contributed by atoms with van der Waals surface area (Å²) in [4.78, 5) is 14.0. The van der Waals surface area contributed by atoms with E-state index in [1.54, 1.807) is 11.9 Å². The zero-order chi connectivity index (χ0) is 15.8. The number of nitrogens with zero attached hydrogens (tertiary/aromatic N) is 1. The number of amides is 1. The third-order valence-corrected chi connectivity index (χ3v) is 5.82. The molecule has 1 fully saturated rings. The quantitative estimate of drug-likeness (QED) is 0.842. The SMILES string of the molecule is CN(C(=O)c1ccc(C(C)(C)C)cc1)C1CCS(=O)(=O)C1. The summed E-state index contributed by atoms with van der Waals surface area (Å²) in [5.41, 5.74) is 1.83. The Hall–Kier alpha value is -1.36. The van der Waals surface area contributed by atoms with Crippen molar-refractivity contribution in [3.05, 3.63) is 35.4 Å². The van der Waals surface area contributed by atoms with Crippen LogP contribution in [0.25, 0.3) is 0 Å². The Morgan fingerprint density at radius 3 is 2.19 bits per heavy atom. The lowest BCUT2D eigenvalue weighted by Gasteiger charge is -2.24. The molecule has 1 amide bonds. The molecule has 1 atom stereocenters. The molecule has 0 radical (unpaired) electrons. The summed E-state index contributed by atoms with van der Waals surface area (Å²) >= 11 is 0. The summed E-state index contributed by atoms with van der Waals surface area (Å²) in [7, 11) is -1.29. The van der Waals surface area contributed by atoms with Crippen molar-refractivity contribution in [3.63, 3.8) is 0 Å². The summed E-state index contributed by atoms with van der Waals surface area (Å²) < 4.78 is 23.0. The molecular formula is C16H23NO3S. The molecule has 116 valence electrons. The fraction of sp³-hybridized carbons (Fsp3) is 0.562. The minimum absolute atomic E-state index is 0.0486. The van der Waals surface area contributed by atoms with E-state index in [1.807, 2.05) is 24.3 Å². The molecule has 0 bridgehead atoms. The molecule has 0 aliphatic carbocycles. The molecule has 1 aliphatic rings. The first-order valence-corrected chi connectivity index (χ1v) is 9.00. The van der Waals surface area contributed by atoms with Gasteiger partial charge in [0.25, 0.3) is 5.91 Å². The van der Waals surface area contributed by atoms with Gasteiger partial charge in [-0.25, -0.2) is 8.42 Å². The van der Waals surface area contributed by atoms with Gasteiger partial charge in [0.1, 0.15) is 0 Å². The van der Waals surface area contributed by atoms with Crippen LogP contribution in [0.4, 0.5) is 0 Å². The van der Waals surface area contributed by atoms with Crippen molar-refractivity contribution in [1.29, 1.82) is 0 Å². The van der Waals surface area contributed by atoms with Crippen molar-refractivity contribution in [2.45, 2.75) is 38.6 Å². The Bertz CT molecular complexity index is 626. The number of rotatable bonds is 2. The third-order valence-electron chi connectivity index (χ3n) is 4.07. The van der Waals surface area contributed by atoms with Gasteiger partial charge in [-0.1, -0.05) is 32.9 Å². The number of hydrogen-bond donors (Lipinski definition) is 0. The maximum Gasteiger partial charge on any atom is 0.253 e. The highest BCUT2D eigenvalue weighted by Crippen LogP contribution is 2.23. The number of sulfone groups is 1. The Balaban J connectivity index is 2.13. The van der Waals surface area contributed by atoms with E-state index in [1.165, 1.54) is 5.56 Å². The second-order valence-electron chi connectivity index (χ2n) is 6.80. The van der Waals surface area contributed by atoms with E-state index in [-0.39, 0.29) is 28.9 Å². The van der Waals surface area contributed by atoms with Gasteiger partial charge >= 0.3 is 0 Å². The van der Waals surface area contributed by atoms with Crippen LogP contribution < -0.4 is 0 Å². The molecule has 1 aliphatic heterocycles. The van der Waals surface area contributed by atoms with E-state index in [4.69, 9.17) is 0 Å². The predicted molar refractivity (Wildman–Crippen MR) is 84.3 cm³/mol. The van der Waals surface area contributed by atoms with Gasteiger partial charge in [-0.2, -0.15) is 0 Å². The van der Waals surface area contributed by atoms with Gasteiger partial charge < -0.3 is 4.90 Å². The van der Waals surface area contributed by atoms with Crippen molar-refractivity contribution in [2.24, 2.45) is 0 Å². The van der Waals surface area contributed by atoms with Crippen molar-refractivity contribution in [1.82, 2.24) is 4.90 Å². The molecule has 0 aromatic heterocycles. The standard InChI is InChI=1S/C16H23NO3S/c1-16(2,3)13-7-5-12(6-8-13)15(18)17(4)14-9-10-21(19,20)11-14/h5-8,14H,9-11H2,1-4H3. The average Bonchev–Trinajstić information content (AvgIpc) is 2.76. The second kappa shape index (κ2) is 5.44. The van der Waals surface area contributed by atoms with Crippen LogP contribution in [0.5, 0.6) is 0 Å². The molecule has 1 heterocycles. The van der Waals surface area contributed by atoms with Crippen molar-refractivity contribution < 1.29 is 13.2 Å². The zero-order valence-electron chi connectivity index (χ0n) is 13.1. The van der Waals surface area contributed by atoms with Gasteiger partial charge in [0, 0.05) is 18.7 Å². The molecule has 0 saturated carbocycles. The summed E-state index contributed by atoms with van der Waals surface area (Å²) in [5.74, 6) is 0.144. The highest BCUT2D eigenvalue weighted by Gasteiger charge is 2.33. The van der Waals surface area contributed by atoms with Crippen molar-refractivity contribution in [3.8, 4) is 0 Å². The van der Waals surface area contributed by atoms with E-state index in [9.17, 15) is 13.2 Å². The zero-order valence-corrected chi connectivity index (χ0v) is 13.9. The van der Waals surface area contributed by atoms with Crippen molar-refractivity contribution in [2.75, 3.05) is 18.6 Å². The largest absolute Gasteiger partial charge is 0.338 e. The summed E-state index contributed by atoms with van der Waals surface area (Å²) in [6, 6.07) is 7.37. The Labute approximate surface area is 127 Å². The molecule has 0 spiro atoms. The van der Waals surface area contributed by atoms with E-state index >= 15 is 0 Å². The van der Waals surface area contributed by atoms with E-state index in [0.29, 0.717) is 12.0 Å². The van der Waals surface area contributed by atoms with Gasteiger partial charge in [-0.15, -0.1) is 0 Å². The molecule has 0 N–H and O–H groups in total. The van der Waals surface area contributed by atoms with Crippen LogP contribution in [0.2, 0.25) is 0 Å². The maximum atomic E-state index is 12.4. The molecule has 1 saturated heterocycles. The fourth-order valence-electron chi connectivity index (χ4n) is 2.56. The van der Waals surface area contributed by atoms with Crippen molar-refractivity contribution >= 4 is 15.7 Å². The molecule has 21 heavy (non-hydrogen) atoms. The number of hydrogen-bond acceptors (Lipinski definition) is 3. The lowest BCUT2D eigenvalue weighted by molar-refractivity contribution is 0.0747. The molecule has 2 rings (SSSR count). The first kappa shape index (κ1) is 16.0. The highest BCUT2D eigenvalue weighted by atomic mass is 32.2. The first-order chi connectivity index (χ1) is 9.60. The normalized spacial score (nSPS) is 21.2. The minimum Gasteiger partial charge on any atom is -0.338 e. The molecule has 1 aromatic rings. The maximum absolute atomic E-state index is 12.4. The molecule has 4 nitrogen and oxygen atoms in total. The monoisotopic (exact) mass is 309 g/mol. The minimum atomic E-state index is -2.98. The number of benzene rings is 1. The van der Waals surface area contributed by atoms with Gasteiger partial charge in [-0.3, -0.25) is 4.79 Å². The predicted octanol–water partition coefficient (Wildman–Crippen LogP) is 2.24. The van der Waals surface area contributed by atoms with Gasteiger partial charge in [0.15, 0.2) is 9.84 Å². The van der Waals surface area contributed by atoms with E-state index in [2.05, 4.69) is 20.8 Å². The van der Waals surface area contributed by atoms with Crippen LogP contribution in [-0.2, 0) is 15.3 Å².